The molecule has 1 aromatic heterocycles. The predicted molar refractivity (Wildman–Crippen MR) is 110 cm³/mol. The van der Waals surface area contributed by atoms with Crippen LogP contribution in [0.15, 0.2) is 29.4 Å². The first kappa shape index (κ1) is 20.3. The molecular weight excluding hydrogens is 412 g/mol. The number of benzene rings is 1. The minimum Gasteiger partial charge on any atom is -0.339 e. The zero-order valence-corrected chi connectivity index (χ0v) is 17.9. The first-order valence-corrected chi connectivity index (χ1v) is 12.4. The molecule has 3 heterocycles. The molecule has 0 saturated carbocycles. The Labute approximate surface area is 174 Å². The molecule has 156 valence electrons. The molecule has 2 fully saturated rings. The number of hydrogen-bond acceptors (Lipinski definition) is 8. The number of piperazine rings is 1. The van der Waals surface area contributed by atoms with Gasteiger partial charge in [0.2, 0.25) is 11.1 Å². The Bertz CT molecular complexity index is 968. The SMILES string of the molecule is Cc1ccc(-n2nnnc2SCC(=O)N2CCN([C@H]3CCS(=O)(=O)C3)CC2)cc1. The van der Waals surface area contributed by atoms with E-state index < -0.39 is 9.84 Å². The zero-order valence-electron chi connectivity index (χ0n) is 16.3. The molecule has 2 saturated heterocycles. The Morgan fingerprint density at radius 2 is 1.90 bits per heavy atom. The van der Waals surface area contributed by atoms with E-state index in [9.17, 15) is 13.2 Å². The van der Waals surface area contributed by atoms with Crippen LogP contribution in [0.3, 0.4) is 0 Å². The number of aryl methyl sites for hydroxylation is 1. The minimum absolute atomic E-state index is 0.0483. The largest absolute Gasteiger partial charge is 0.339 e. The van der Waals surface area contributed by atoms with Crippen LogP contribution < -0.4 is 0 Å². The van der Waals surface area contributed by atoms with Crippen molar-refractivity contribution >= 4 is 27.5 Å². The molecule has 2 aliphatic heterocycles. The molecule has 2 aliphatic rings. The van der Waals surface area contributed by atoms with Crippen molar-refractivity contribution in [3.05, 3.63) is 29.8 Å². The van der Waals surface area contributed by atoms with Gasteiger partial charge in [0.1, 0.15) is 0 Å². The van der Waals surface area contributed by atoms with Gasteiger partial charge in [-0.1, -0.05) is 29.5 Å². The van der Waals surface area contributed by atoms with E-state index in [4.69, 9.17) is 0 Å². The molecule has 1 atom stereocenters. The van der Waals surface area contributed by atoms with E-state index in [0.29, 0.717) is 24.7 Å². The van der Waals surface area contributed by atoms with Crippen LogP contribution in [0.5, 0.6) is 0 Å². The average Bonchev–Trinajstić information content (AvgIpc) is 3.33. The van der Waals surface area contributed by atoms with E-state index in [1.54, 1.807) is 4.68 Å². The highest BCUT2D eigenvalue weighted by Crippen LogP contribution is 2.21. The summed E-state index contributed by atoms with van der Waals surface area (Å²) in [5.41, 5.74) is 2.01. The number of tetrazole rings is 1. The van der Waals surface area contributed by atoms with Gasteiger partial charge in [-0.05, 0) is 35.9 Å². The van der Waals surface area contributed by atoms with Gasteiger partial charge in [-0.25, -0.2) is 8.42 Å². The lowest BCUT2D eigenvalue weighted by Gasteiger charge is -2.37. The highest BCUT2D eigenvalue weighted by Gasteiger charge is 2.34. The monoisotopic (exact) mass is 436 g/mol. The van der Waals surface area contributed by atoms with Gasteiger partial charge in [0.15, 0.2) is 9.84 Å². The van der Waals surface area contributed by atoms with Crippen LogP contribution >= 0.6 is 11.8 Å². The lowest BCUT2D eigenvalue weighted by atomic mass is 10.2. The van der Waals surface area contributed by atoms with Crippen LogP contribution in [-0.2, 0) is 14.6 Å². The second-order valence-electron chi connectivity index (χ2n) is 7.47. The van der Waals surface area contributed by atoms with E-state index in [1.807, 2.05) is 36.1 Å². The number of thioether (sulfide) groups is 1. The van der Waals surface area contributed by atoms with E-state index >= 15 is 0 Å². The number of carbonyl (C=O) groups is 1. The molecule has 1 amide bonds. The summed E-state index contributed by atoms with van der Waals surface area (Å²) in [5, 5.41) is 12.4. The number of hydrogen-bond donors (Lipinski definition) is 0. The van der Waals surface area contributed by atoms with Gasteiger partial charge in [-0.3, -0.25) is 9.69 Å². The number of nitrogens with zero attached hydrogens (tertiary/aromatic N) is 6. The summed E-state index contributed by atoms with van der Waals surface area (Å²) in [6.07, 6.45) is 0.702. The van der Waals surface area contributed by atoms with Gasteiger partial charge in [0, 0.05) is 32.2 Å². The normalized spacial score (nSPS) is 22.1. The molecule has 0 aliphatic carbocycles. The molecule has 11 heteroatoms. The molecule has 0 N–H and O–H groups in total. The maximum atomic E-state index is 12.6. The maximum absolute atomic E-state index is 12.6. The van der Waals surface area contributed by atoms with Gasteiger partial charge in [-0.2, -0.15) is 4.68 Å². The lowest BCUT2D eigenvalue weighted by Crippen LogP contribution is -2.52. The molecule has 9 nitrogen and oxygen atoms in total. The summed E-state index contributed by atoms with van der Waals surface area (Å²) in [7, 11) is -2.88. The van der Waals surface area contributed by atoms with E-state index in [1.165, 1.54) is 11.8 Å². The predicted octanol–water partition coefficient (Wildman–Crippen LogP) is 0.394. The van der Waals surface area contributed by atoms with E-state index in [0.717, 1.165) is 24.3 Å². The van der Waals surface area contributed by atoms with Crippen molar-refractivity contribution in [3.63, 3.8) is 0 Å². The Morgan fingerprint density at radius 3 is 2.55 bits per heavy atom. The molecule has 4 rings (SSSR count). The molecular formula is C18H24N6O3S2. The Morgan fingerprint density at radius 1 is 1.17 bits per heavy atom. The fraction of sp³-hybridized carbons (Fsp3) is 0.556. The molecule has 2 aromatic rings. The fourth-order valence-electron chi connectivity index (χ4n) is 3.73. The number of carbonyl (C=O) groups excluding carboxylic acids is 1. The third-order valence-electron chi connectivity index (χ3n) is 5.44. The van der Waals surface area contributed by atoms with E-state index in [2.05, 4.69) is 20.4 Å². The highest BCUT2D eigenvalue weighted by atomic mass is 32.2. The summed E-state index contributed by atoms with van der Waals surface area (Å²) in [6.45, 7) is 4.70. The summed E-state index contributed by atoms with van der Waals surface area (Å²) in [4.78, 5) is 16.7. The number of aromatic nitrogens is 4. The van der Waals surface area contributed by atoms with Crippen molar-refractivity contribution in [2.24, 2.45) is 0 Å². The fourth-order valence-corrected chi connectivity index (χ4v) is 6.29. The quantitative estimate of drug-likeness (QED) is 0.621. The second kappa shape index (κ2) is 8.41. The molecule has 0 radical (unpaired) electrons. The lowest BCUT2D eigenvalue weighted by molar-refractivity contribution is -0.130. The Hall–Kier alpha value is -1.98. The van der Waals surface area contributed by atoms with Gasteiger partial charge < -0.3 is 4.90 Å². The van der Waals surface area contributed by atoms with Crippen molar-refractivity contribution in [2.45, 2.75) is 24.5 Å². The maximum Gasteiger partial charge on any atom is 0.233 e. The second-order valence-corrected chi connectivity index (χ2v) is 10.6. The Balaban J connectivity index is 1.29. The molecule has 0 spiro atoms. The van der Waals surface area contributed by atoms with Crippen molar-refractivity contribution in [1.29, 1.82) is 0 Å². The molecule has 0 bridgehead atoms. The highest BCUT2D eigenvalue weighted by molar-refractivity contribution is 7.99. The average molecular weight is 437 g/mol. The summed E-state index contributed by atoms with van der Waals surface area (Å²) in [6, 6.07) is 7.97. The molecule has 0 unspecified atom stereocenters. The van der Waals surface area contributed by atoms with Crippen molar-refractivity contribution in [1.82, 2.24) is 30.0 Å². The number of sulfone groups is 1. The van der Waals surface area contributed by atoms with Crippen molar-refractivity contribution in [3.8, 4) is 5.69 Å². The van der Waals surface area contributed by atoms with Gasteiger partial charge in [0.05, 0.1) is 22.9 Å². The smallest absolute Gasteiger partial charge is 0.233 e. The van der Waals surface area contributed by atoms with Crippen LogP contribution in [-0.4, -0.2) is 93.8 Å². The molecule has 1 aromatic carbocycles. The summed E-state index contributed by atoms with van der Waals surface area (Å²) >= 11 is 1.32. The molecule has 29 heavy (non-hydrogen) atoms. The number of rotatable bonds is 5. The van der Waals surface area contributed by atoms with Crippen LogP contribution in [0, 0.1) is 6.92 Å². The van der Waals surface area contributed by atoms with Crippen LogP contribution in [0.25, 0.3) is 5.69 Å². The first-order chi connectivity index (χ1) is 13.9. The van der Waals surface area contributed by atoms with Crippen LogP contribution in [0.4, 0.5) is 0 Å². The standard InChI is InChI=1S/C18H24N6O3S2/c1-14-2-4-15(5-3-14)24-18(19-20-21-24)28-12-17(25)23-9-7-22(8-10-23)16-6-11-29(26,27)13-16/h2-5,16H,6-13H2,1H3/t16-/m0/s1. The summed E-state index contributed by atoms with van der Waals surface area (Å²) < 4.78 is 25.0. The van der Waals surface area contributed by atoms with Crippen molar-refractivity contribution < 1.29 is 13.2 Å². The minimum atomic E-state index is -2.88. The summed E-state index contributed by atoms with van der Waals surface area (Å²) in [5.74, 6) is 0.846. The van der Waals surface area contributed by atoms with Gasteiger partial charge >= 0.3 is 0 Å². The zero-order chi connectivity index (χ0) is 20.4. The van der Waals surface area contributed by atoms with Crippen molar-refractivity contribution in [2.75, 3.05) is 43.4 Å². The van der Waals surface area contributed by atoms with Gasteiger partial charge in [0.25, 0.3) is 0 Å². The third-order valence-corrected chi connectivity index (χ3v) is 8.09. The topological polar surface area (TPSA) is 101 Å². The van der Waals surface area contributed by atoms with Gasteiger partial charge in [-0.15, -0.1) is 5.10 Å². The van der Waals surface area contributed by atoms with Crippen LogP contribution in [0.2, 0.25) is 0 Å². The van der Waals surface area contributed by atoms with E-state index in [-0.39, 0.29) is 29.2 Å². The first-order valence-electron chi connectivity index (χ1n) is 9.62. The Kier molecular flexibility index (Phi) is 5.88. The number of amides is 1. The third kappa shape index (κ3) is 4.78. The van der Waals surface area contributed by atoms with Crippen LogP contribution in [0.1, 0.15) is 12.0 Å².